The lowest BCUT2D eigenvalue weighted by Gasteiger charge is -2.09. The first-order valence-electron chi connectivity index (χ1n) is 9.89. The van der Waals surface area contributed by atoms with E-state index in [2.05, 4.69) is 31.4 Å². The van der Waals surface area contributed by atoms with Crippen molar-refractivity contribution in [1.29, 1.82) is 0 Å². The van der Waals surface area contributed by atoms with E-state index in [1.165, 1.54) is 30.2 Å². The number of hydrogen-bond acceptors (Lipinski definition) is 8. The monoisotopic (exact) mass is 538 g/mol. The van der Waals surface area contributed by atoms with Crippen molar-refractivity contribution in [3.63, 3.8) is 0 Å². The first kappa shape index (κ1) is 24.3. The van der Waals surface area contributed by atoms with E-state index in [1.807, 2.05) is 42.7 Å². The van der Waals surface area contributed by atoms with Crippen LogP contribution in [0, 0.1) is 0 Å². The summed E-state index contributed by atoms with van der Waals surface area (Å²) >= 11 is 6.05. The predicted octanol–water partition coefficient (Wildman–Crippen LogP) is 4.78. The molecule has 11 heteroatoms. The van der Waals surface area contributed by atoms with Crippen molar-refractivity contribution in [2.45, 2.75) is 38.6 Å². The van der Waals surface area contributed by atoms with Crippen molar-refractivity contribution < 1.29 is 19.1 Å². The number of aromatic nitrogens is 3. The number of benzene rings is 1. The molecule has 1 aromatic carbocycles. The lowest BCUT2D eigenvalue weighted by Crippen LogP contribution is -2.16. The molecule has 0 saturated carbocycles. The van der Waals surface area contributed by atoms with E-state index in [0.717, 1.165) is 21.5 Å². The highest BCUT2D eigenvalue weighted by molar-refractivity contribution is 9.10. The second kappa shape index (κ2) is 11.5. The molecule has 170 valence electrons. The Morgan fingerprint density at radius 1 is 1.22 bits per heavy atom. The Morgan fingerprint density at radius 3 is 2.62 bits per heavy atom. The van der Waals surface area contributed by atoms with Gasteiger partial charge in [0.15, 0.2) is 11.0 Å². The Morgan fingerprint density at radius 2 is 1.97 bits per heavy atom. The number of methoxy groups -OCH3 is 1. The maximum atomic E-state index is 12.5. The predicted molar refractivity (Wildman–Crippen MR) is 129 cm³/mol. The van der Waals surface area contributed by atoms with E-state index in [4.69, 9.17) is 9.47 Å². The second-order valence-corrected chi connectivity index (χ2v) is 9.52. The van der Waals surface area contributed by atoms with Gasteiger partial charge in [-0.3, -0.25) is 4.79 Å². The first-order valence-corrected chi connectivity index (χ1v) is 12.5. The highest BCUT2D eigenvalue weighted by atomic mass is 79.9. The second-order valence-electron chi connectivity index (χ2n) is 6.52. The molecule has 1 N–H and O–H groups in total. The lowest BCUT2D eigenvalue weighted by atomic mass is 10.2. The number of nitrogens with zero attached hydrogens (tertiary/aromatic N) is 3. The summed E-state index contributed by atoms with van der Waals surface area (Å²) in [4.78, 5) is 25.5. The number of amides is 1. The highest BCUT2D eigenvalue weighted by Crippen LogP contribution is 2.29. The first-order chi connectivity index (χ1) is 15.4. The molecule has 32 heavy (non-hydrogen) atoms. The van der Waals surface area contributed by atoms with Gasteiger partial charge in [-0.15, -0.1) is 21.5 Å². The topological polar surface area (TPSA) is 95.3 Å². The number of carbonyl (C=O) groups is 2. The summed E-state index contributed by atoms with van der Waals surface area (Å²) in [5.74, 6) is 0.840. The minimum absolute atomic E-state index is 0.131. The summed E-state index contributed by atoms with van der Waals surface area (Å²) in [5.41, 5.74) is 0.372. The van der Waals surface area contributed by atoms with Gasteiger partial charge in [-0.25, -0.2) is 4.79 Å². The molecule has 3 aromatic rings. The van der Waals surface area contributed by atoms with Crippen LogP contribution in [0.1, 0.15) is 34.9 Å². The number of hydrogen-bond donors (Lipinski definition) is 1. The minimum atomic E-state index is -0.468. The van der Waals surface area contributed by atoms with Crippen molar-refractivity contribution in [3.05, 3.63) is 51.1 Å². The van der Waals surface area contributed by atoms with Crippen LogP contribution in [0.4, 0.5) is 5.00 Å². The third-order valence-electron chi connectivity index (χ3n) is 4.41. The summed E-state index contributed by atoms with van der Waals surface area (Å²) in [6.07, 6.45) is 0.768. The number of rotatable bonds is 10. The summed E-state index contributed by atoms with van der Waals surface area (Å²) in [6.45, 7) is 4.89. The van der Waals surface area contributed by atoms with Crippen molar-refractivity contribution in [1.82, 2.24) is 14.8 Å². The van der Waals surface area contributed by atoms with Gasteiger partial charge >= 0.3 is 5.97 Å². The van der Waals surface area contributed by atoms with Gasteiger partial charge in [0, 0.05) is 15.9 Å². The highest BCUT2D eigenvalue weighted by Gasteiger charge is 2.19. The molecule has 2 heterocycles. The molecule has 0 spiro atoms. The molecule has 8 nitrogen and oxygen atoms in total. The molecule has 0 aliphatic heterocycles. The molecule has 0 atom stereocenters. The lowest BCUT2D eigenvalue weighted by molar-refractivity contribution is -0.113. The Hall–Kier alpha value is -2.37. The fraction of sp³-hybridized carbons (Fsp3) is 0.333. The van der Waals surface area contributed by atoms with Crippen LogP contribution in [0.3, 0.4) is 0 Å². The van der Waals surface area contributed by atoms with E-state index >= 15 is 0 Å². The average molecular weight is 539 g/mol. The molecule has 0 fully saturated rings. The van der Waals surface area contributed by atoms with Crippen LogP contribution in [-0.2, 0) is 29.1 Å². The van der Waals surface area contributed by atoms with Gasteiger partial charge in [-0.05, 0) is 43.7 Å². The van der Waals surface area contributed by atoms with Crippen molar-refractivity contribution >= 4 is 55.9 Å². The fourth-order valence-electron chi connectivity index (χ4n) is 2.79. The van der Waals surface area contributed by atoms with Gasteiger partial charge in [0.05, 0.1) is 18.4 Å². The number of anilines is 1. The molecule has 0 saturated heterocycles. The quantitative estimate of drug-likeness (QED) is 0.293. The van der Waals surface area contributed by atoms with E-state index in [-0.39, 0.29) is 18.3 Å². The largest absolute Gasteiger partial charge is 0.486 e. The molecule has 0 unspecified atom stereocenters. The normalized spacial score (nSPS) is 10.8. The van der Waals surface area contributed by atoms with Gasteiger partial charge in [0.2, 0.25) is 5.91 Å². The van der Waals surface area contributed by atoms with E-state index in [0.29, 0.717) is 28.1 Å². The number of aryl methyl sites for hydroxylation is 1. The number of thioether (sulfide) groups is 1. The van der Waals surface area contributed by atoms with Crippen LogP contribution >= 0.6 is 39.0 Å². The zero-order chi connectivity index (χ0) is 23.1. The molecule has 0 aliphatic rings. The summed E-state index contributed by atoms with van der Waals surface area (Å²) in [6, 6.07) is 9.30. The van der Waals surface area contributed by atoms with Crippen molar-refractivity contribution in [2.24, 2.45) is 0 Å². The Bertz CT molecular complexity index is 1080. The van der Waals surface area contributed by atoms with Crippen LogP contribution in [0.5, 0.6) is 5.75 Å². The molecule has 0 radical (unpaired) electrons. The van der Waals surface area contributed by atoms with Crippen LogP contribution in [0.25, 0.3) is 0 Å². The van der Waals surface area contributed by atoms with Gasteiger partial charge in [-0.2, -0.15) is 0 Å². The average Bonchev–Trinajstić information content (AvgIpc) is 3.40. The van der Waals surface area contributed by atoms with Crippen LogP contribution in [0.15, 0.2) is 40.0 Å². The van der Waals surface area contributed by atoms with Gasteiger partial charge in [-0.1, -0.05) is 34.6 Å². The number of nitrogens with one attached hydrogen (secondary N) is 1. The van der Waals surface area contributed by atoms with Crippen molar-refractivity contribution in [2.75, 3.05) is 18.2 Å². The zero-order valence-corrected chi connectivity index (χ0v) is 21.1. The molecule has 0 bridgehead atoms. The molecule has 3 rings (SSSR count). The molecular formula is C21H23BrN4O4S2. The van der Waals surface area contributed by atoms with E-state index in [9.17, 15) is 9.59 Å². The maximum Gasteiger partial charge on any atom is 0.340 e. The van der Waals surface area contributed by atoms with E-state index < -0.39 is 5.97 Å². The smallest absolute Gasteiger partial charge is 0.340 e. The Kier molecular flexibility index (Phi) is 8.71. The van der Waals surface area contributed by atoms with Gasteiger partial charge < -0.3 is 19.4 Å². The molecule has 2 aromatic heterocycles. The maximum absolute atomic E-state index is 12.5. The Labute approximate surface area is 202 Å². The molecule has 0 aliphatic carbocycles. The van der Waals surface area contributed by atoms with E-state index in [1.54, 1.807) is 6.07 Å². The van der Waals surface area contributed by atoms with Crippen molar-refractivity contribution in [3.8, 4) is 5.75 Å². The zero-order valence-electron chi connectivity index (χ0n) is 17.9. The number of esters is 1. The number of thiophene rings is 1. The number of ether oxygens (including phenoxy) is 2. The summed E-state index contributed by atoms with van der Waals surface area (Å²) in [7, 11) is 1.32. The summed E-state index contributed by atoms with van der Waals surface area (Å²) < 4.78 is 13.5. The standard InChI is InChI=1S/C21H23BrN4O4S2/c1-4-15-10-16(20(28)29-3)19(32-15)23-18(27)12-31-21-25-24-17(26(21)5-2)11-30-14-8-6-13(22)7-9-14/h6-10H,4-5,11-12H2,1-3H3,(H,23,27). The third kappa shape index (κ3) is 6.11. The third-order valence-corrected chi connectivity index (χ3v) is 7.10. The van der Waals surface area contributed by atoms with Gasteiger partial charge in [0.25, 0.3) is 0 Å². The molecule has 1 amide bonds. The Balaban J connectivity index is 1.61. The summed E-state index contributed by atoms with van der Waals surface area (Å²) in [5, 5.41) is 12.4. The van der Waals surface area contributed by atoms with Gasteiger partial charge in [0.1, 0.15) is 17.4 Å². The fourth-order valence-corrected chi connectivity index (χ4v) is 4.88. The minimum Gasteiger partial charge on any atom is -0.486 e. The number of halogens is 1. The van der Waals surface area contributed by atoms with Crippen LogP contribution < -0.4 is 10.1 Å². The van der Waals surface area contributed by atoms with Crippen LogP contribution in [-0.4, -0.2) is 39.5 Å². The number of carbonyl (C=O) groups excluding carboxylic acids is 2. The van der Waals surface area contributed by atoms with Crippen LogP contribution in [0.2, 0.25) is 0 Å². The molecular weight excluding hydrogens is 516 g/mol. The SMILES string of the molecule is CCc1cc(C(=O)OC)c(NC(=O)CSc2nnc(COc3ccc(Br)cc3)n2CC)s1.